The first kappa shape index (κ1) is 15.6. The Morgan fingerprint density at radius 2 is 1.83 bits per heavy atom. The number of hydrogen-bond donors (Lipinski definition) is 1. The van der Waals surface area contributed by atoms with Crippen molar-refractivity contribution < 1.29 is 4.79 Å². The van der Waals surface area contributed by atoms with Crippen molar-refractivity contribution in [2.75, 3.05) is 13.1 Å². The molecule has 0 spiro atoms. The van der Waals surface area contributed by atoms with Crippen LogP contribution in [0.5, 0.6) is 0 Å². The normalized spacial score (nSPS) is 14.8. The van der Waals surface area contributed by atoms with E-state index in [4.69, 9.17) is 0 Å². The molecule has 2 aromatic rings. The molecule has 1 aliphatic heterocycles. The maximum absolute atomic E-state index is 11.9. The van der Waals surface area contributed by atoms with Crippen molar-refractivity contribution in [3.63, 3.8) is 0 Å². The molecular formula is C18H22N4O. The van der Waals surface area contributed by atoms with Crippen LogP contribution >= 0.6 is 0 Å². The molecule has 2 heterocycles. The van der Waals surface area contributed by atoms with E-state index < -0.39 is 0 Å². The zero-order chi connectivity index (χ0) is 15.9. The predicted octanol–water partition coefficient (Wildman–Crippen LogP) is 1.93. The lowest BCUT2D eigenvalue weighted by Gasteiger charge is -2.14. The molecule has 0 bridgehead atoms. The fraction of sp³-hybridized carbons (Fsp3) is 0.389. The van der Waals surface area contributed by atoms with E-state index >= 15 is 0 Å². The summed E-state index contributed by atoms with van der Waals surface area (Å²) in [5.74, 6) is -0.0355. The van der Waals surface area contributed by atoms with Crippen molar-refractivity contribution in [1.29, 1.82) is 0 Å². The number of likely N-dealkylation sites (tertiary alicyclic amines) is 1. The third-order valence-corrected chi connectivity index (χ3v) is 4.08. The second-order valence-corrected chi connectivity index (χ2v) is 5.95. The largest absolute Gasteiger partial charge is 0.352 e. The summed E-state index contributed by atoms with van der Waals surface area (Å²) in [6.45, 7) is 3.99. The Bertz CT molecular complexity index is 621. The van der Waals surface area contributed by atoms with Crippen LogP contribution in [0.1, 0.15) is 29.7 Å². The number of hydrogen-bond acceptors (Lipinski definition) is 4. The zero-order valence-electron chi connectivity index (χ0n) is 13.2. The zero-order valence-corrected chi connectivity index (χ0v) is 13.2. The molecule has 1 N–H and O–H groups in total. The molecule has 0 saturated carbocycles. The van der Waals surface area contributed by atoms with Crippen molar-refractivity contribution in [3.05, 3.63) is 59.7 Å². The molecule has 0 atom stereocenters. The molecule has 1 fully saturated rings. The van der Waals surface area contributed by atoms with Crippen molar-refractivity contribution in [2.45, 2.75) is 32.4 Å². The Balaban J connectivity index is 1.45. The second kappa shape index (κ2) is 7.83. The van der Waals surface area contributed by atoms with Gasteiger partial charge in [0.1, 0.15) is 0 Å². The van der Waals surface area contributed by atoms with Gasteiger partial charge in [-0.2, -0.15) is 0 Å². The van der Waals surface area contributed by atoms with E-state index in [9.17, 15) is 4.79 Å². The molecule has 1 amide bonds. The van der Waals surface area contributed by atoms with E-state index in [1.165, 1.54) is 31.5 Å². The predicted molar refractivity (Wildman–Crippen MR) is 88.5 cm³/mol. The fourth-order valence-electron chi connectivity index (χ4n) is 2.81. The van der Waals surface area contributed by atoms with Gasteiger partial charge >= 0.3 is 0 Å². The Labute approximate surface area is 136 Å². The lowest BCUT2D eigenvalue weighted by molar-refractivity contribution is -0.120. The van der Waals surface area contributed by atoms with Crippen LogP contribution in [-0.4, -0.2) is 33.9 Å². The van der Waals surface area contributed by atoms with Crippen LogP contribution in [0.25, 0.3) is 0 Å². The molecule has 23 heavy (non-hydrogen) atoms. The first-order chi connectivity index (χ1) is 11.3. The van der Waals surface area contributed by atoms with Crippen LogP contribution in [0.4, 0.5) is 0 Å². The van der Waals surface area contributed by atoms with Gasteiger partial charge in [0.25, 0.3) is 0 Å². The minimum Gasteiger partial charge on any atom is -0.352 e. The lowest BCUT2D eigenvalue weighted by Crippen LogP contribution is -2.25. The molecule has 1 saturated heterocycles. The standard InChI is InChI=1S/C18H22N4O/c23-18(11-17-13-19-7-8-20-17)21-12-15-3-5-16(6-4-15)14-22-9-1-2-10-22/h3-8,13H,1-2,9-12,14H2,(H,21,23). The second-order valence-electron chi connectivity index (χ2n) is 5.95. The fourth-order valence-corrected chi connectivity index (χ4v) is 2.81. The topological polar surface area (TPSA) is 58.1 Å². The van der Waals surface area contributed by atoms with Gasteiger partial charge in [-0.05, 0) is 37.1 Å². The molecule has 0 aliphatic carbocycles. The van der Waals surface area contributed by atoms with Crippen molar-refractivity contribution in [2.24, 2.45) is 0 Å². The third-order valence-electron chi connectivity index (χ3n) is 4.08. The average Bonchev–Trinajstić information content (AvgIpc) is 3.08. The van der Waals surface area contributed by atoms with Gasteiger partial charge in [0, 0.05) is 31.7 Å². The Hall–Kier alpha value is -2.27. The maximum Gasteiger partial charge on any atom is 0.226 e. The average molecular weight is 310 g/mol. The summed E-state index contributed by atoms with van der Waals surface area (Å²) in [7, 11) is 0. The highest BCUT2D eigenvalue weighted by molar-refractivity contribution is 5.77. The summed E-state index contributed by atoms with van der Waals surface area (Å²) in [6.07, 6.45) is 7.71. The smallest absolute Gasteiger partial charge is 0.226 e. The number of nitrogens with zero attached hydrogens (tertiary/aromatic N) is 3. The van der Waals surface area contributed by atoms with Gasteiger partial charge < -0.3 is 5.32 Å². The van der Waals surface area contributed by atoms with E-state index in [-0.39, 0.29) is 12.3 Å². The highest BCUT2D eigenvalue weighted by atomic mass is 16.1. The number of nitrogens with one attached hydrogen (secondary N) is 1. The summed E-state index contributed by atoms with van der Waals surface area (Å²) in [4.78, 5) is 22.4. The number of amides is 1. The number of benzene rings is 1. The van der Waals surface area contributed by atoms with Crippen LogP contribution in [0, 0.1) is 0 Å². The molecule has 0 unspecified atom stereocenters. The summed E-state index contributed by atoms with van der Waals surface area (Å²) >= 11 is 0. The molecule has 0 radical (unpaired) electrons. The minimum absolute atomic E-state index is 0.0355. The van der Waals surface area contributed by atoms with E-state index in [0.717, 1.165) is 12.1 Å². The highest BCUT2D eigenvalue weighted by Gasteiger charge is 2.11. The number of rotatable bonds is 6. The molecule has 1 aromatic heterocycles. The van der Waals surface area contributed by atoms with Crippen LogP contribution < -0.4 is 5.32 Å². The summed E-state index contributed by atoms with van der Waals surface area (Å²) in [5.41, 5.74) is 3.13. The van der Waals surface area contributed by atoms with Crippen LogP contribution in [0.3, 0.4) is 0 Å². The molecule has 5 heteroatoms. The summed E-state index contributed by atoms with van der Waals surface area (Å²) in [6, 6.07) is 8.49. The molecule has 3 rings (SSSR count). The van der Waals surface area contributed by atoms with E-state index in [0.29, 0.717) is 12.2 Å². The van der Waals surface area contributed by atoms with Crippen LogP contribution in [-0.2, 0) is 24.3 Å². The SMILES string of the molecule is O=C(Cc1cnccn1)NCc1ccc(CN2CCCC2)cc1. The number of aromatic nitrogens is 2. The monoisotopic (exact) mass is 310 g/mol. The van der Waals surface area contributed by atoms with Crippen molar-refractivity contribution >= 4 is 5.91 Å². The highest BCUT2D eigenvalue weighted by Crippen LogP contribution is 2.13. The van der Waals surface area contributed by atoms with E-state index in [2.05, 4.69) is 44.5 Å². The van der Waals surface area contributed by atoms with Crippen molar-refractivity contribution in [1.82, 2.24) is 20.2 Å². The van der Waals surface area contributed by atoms with Gasteiger partial charge in [0.15, 0.2) is 0 Å². The van der Waals surface area contributed by atoms with Crippen LogP contribution in [0.2, 0.25) is 0 Å². The Kier molecular flexibility index (Phi) is 5.32. The quantitative estimate of drug-likeness (QED) is 0.886. The first-order valence-electron chi connectivity index (χ1n) is 8.11. The van der Waals surface area contributed by atoms with Gasteiger partial charge in [-0.15, -0.1) is 0 Å². The number of carbonyl (C=O) groups excluding carboxylic acids is 1. The first-order valence-corrected chi connectivity index (χ1v) is 8.11. The van der Waals surface area contributed by atoms with Gasteiger partial charge in [-0.3, -0.25) is 19.7 Å². The molecular weight excluding hydrogens is 288 g/mol. The van der Waals surface area contributed by atoms with Crippen molar-refractivity contribution in [3.8, 4) is 0 Å². The van der Waals surface area contributed by atoms with Crippen LogP contribution in [0.15, 0.2) is 42.9 Å². The Morgan fingerprint density at radius 3 is 2.52 bits per heavy atom. The van der Waals surface area contributed by atoms with Gasteiger partial charge in [-0.1, -0.05) is 24.3 Å². The molecule has 1 aromatic carbocycles. The minimum atomic E-state index is -0.0355. The summed E-state index contributed by atoms with van der Waals surface area (Å²) < 4.78 is 0. The molecule has 5 nitrogen and oxygen atoms in total. The maximum atomic E-state index is 11.9. The van der Waals surface area contributed by atoms with E-state index in [1.807, 2.05) is 0 Å². The van der Waals surface area contributed by atoms with Gasteiger partial charge in [0.05, 0.1) is 12.1 Å². The third kappa shape index (κ3) is 4.86. The lowest BCUT2D eigenvalue weighted by atomic mass is 10.1. The number of carbonyl (C=O) groups is 1. The molecule has 1 aliphatic rings. The molecule has 120 valence electrons. The Morgan fingerprint density at radius 1 is 1.09 bits per heavy atom. The van der Waals surface area contributed by atoms with Gasteiger partial charge in [0.2, 0.25) is 5.91 Å². The van der Waals surface area contributed by atoms with Gasteiger partial charge in [-0.25, -0.2) is 0 Å². The van der Waals surface area contributed by atoms with E-state index in [1.54, 1.807) is 18.6 Å². The summed E-state index contributed by atoms with van der Waals surface area (Å²) in [5, 5.41) is 2.92.